The van der Waals surface area contributed by atoms with Gasteiger partial charge in [-0.15, -0.1) is 0 Å². The van der Waals surface area contributed by atoms with Crippen LogP contribution in [-0.4, -0.2) is 29.8 Å². The summed E-state index contributed by atoms with van der Waals surface area (Å²) in [7, 11) is 0. The van der Waals surface area contributed by atoms with Gasteiger partial charge < -0.3 is 15.2 Å². The largest absolute Gasteiger partial charge is 0.478 e. The number of anilines is 1. The first kappa shape index (κ1) is 13.4. The average Bonchev–Trinajstić information content (AvgIpc) is 2.28. The van der Waals surface area contributed by atoms with Crippen molar-refractivity contribution >= 4 is 27.6 Å². The number of halogens is 1. The van der Waals surface area contributed by atoms with Crippen molar-refractivity contribution in [2.75, 3.05) is 11.9 Å². The molecule has 2 rings (SSSR count). The first-order chi connectivity index (χ1) is 8.54. The third-order valence-electron chi connectivity index (χ3n) is 3.00. The Kier molecular flexibility index (Phi) is 4.24. The molecule has 18 heavy (non-hydrogen) atoms. The quantitative estimate of drug-likeness (QED) is 0.900. The molecule has 0 amide bonds. The minimum absolute atomic E-state index is 0.252. The van der Waals surface area contributed by atoms with Crippen LogP contribution in [0.25, 0.3) is 0 Å². The number of carboxylic acid groups (broad SMARTS) is 1. The van der Waals surface area contributed by atoms with Crippen LogP contribution < -0.4 is 5.32 Å². The molecule has 1 aliphatic heterocycles. The molecule has 0 spiro atoms. The van der Waals surface area contributed by atoms with Crippen LogP contribution >= 0.6 is 15.9 Å². The molecule has 5 heteroatoms. The fourth-order valence-corrected chi connectivity index (χ4v) is 2.65. The van der Waals surface area contributed by atoms with Crippen molar-refractivity contribution in [3.63, 3.8) is 0 Å². The summed E-state index contributed by atoms with van der Waals surface area (Å²) < 4.78 is 6.26. The summed E-state index contributed by atoms with van der Waals surface area (Å²) in [5.41, 5.74) is 1.12. The van der Waals surface area contributed by atoms with Crippen molar-refractivity contribution in [1.82, 2.24) is 0 Å². The molecule has 0 aliphatic carbocycles. The van der Waals surface area contributed by atoms with Crippen LogP contribution in [-0.2, 0) is 4.74 Å². The maximum atomic E-state index is 11.0. The molecular weight excluding hydrogens is 298 g/mol. The van der Waals surface area contributed by atoms with Gasteiger partial charge in [-0.05, 0) is 38.0 Å². The van der Waals surface area contributed by atoms with E-state index in [0.717, 1.165) is 29.6 Å². The number of carbonyl (C=O) groups is 1. The van der Waals surface area contributed by atoms with E-state index in [4.69, 9.17) is 9.84 Å². The standard InChI is InChI=1S/C13H16BrNO3/c1-8-4-11(2-3-18-8)15-12-6-9(13(16)17)5-10(14)7-12/h5-8,11,15H,2-4H2,1H3,(H,16,17). The van der Waals surface area contributed by atoms with Gasteiger partial charge in [0.2, 0.25) is 0 Å². The van der Waals surface area contributed by atoms with Crippen molar-refractivity contribution in [2.24, 2.45) is 0 Å². The Hall–Kier alpha value is -1.07. The molecule has 1 aliphatic rings. The van der Waals surface area contributed by atoms with E-state index >= 15 is 0 Å². The number of hydrogen-bond donors (Lipinski definition) is 2. The highest BCUT2D eigenvalue weighted by atomic mass is 79.9. The first-order valence-electron chi connectivity index (χ1n) is 5.96. The molecule has 0 aromatic heterocycles. The number of aromatic carboxylic acids is 1. The molecule has 4 nitrogen and oxygen atoms in total. The molecule has 1 saturated heterocycles. The Balaban J connectivity index is 2.10. The molecule has 0 saturated carbocycles. The number of rotatable bonds is 3. The van der Waals surface area contributed by atoms with E-state index in [1.165, 1.54) is 0 Å². The van der Waals surface area contributed by atoms with Gasteiger partial charge in [0.15, 0.2) is 0 Å². The second-order valence-corrected chi connectivity index (χ2v) is 5.50. The Morgan fingerprint density at radius 3 is 2.94 bits per heavy atom. The number of carboxylic acids is 1. The molecule has 98 valence electrons. The van der Waals surface area contributed by atoms with Gasteiger partial charge in [0.25, 0.3) is 0 Å². The smallest absolute Gasteiger partial charge is 0.335 e. The van der Waals surface area contributed by atoms with E-state index in [0.29, 0.717) is 6.04 Å². The maximum absolute atomic E-state index is 11.0. The van der Waals surface area contributed by atoms with Crippen LogP contribution in [0.2, 0.25) is 0 Å². The molecular formula is C13H16BrNO3. The summed E-state index contributed by atoms with van der Waals surface area (Å²) in [4.78, 5) is 11.0. The third-order valence-corrected chi connectivity index (χ3v) is 3.46. The lowest BCUT2D eigenvalue weighted by Gasteiger charge is -2.28. The fourth-order valence-electron chi connectivity index (χ4n) is 2.16. The van der Waals surface area contributed by atoms with E-state index in [1.54, 1.807) is 12.1 Å². The summed E-state index contributed by atoms with van der Waals surface area (Å²) >= 11 is 3.33. The highest BCUT2D eigenvalue weighted by Gasteiger charge is 2.19. The predicted octanol–water partition coefficient (Wildman–Crippen LogP) is 3.13. The van der Waals surface area contributed by atoms with E-state index in [-0.39, 0.29) is 11.7 Å². The van der Waals surface area contributed by atoms with Gasteiger partial charge in [-0.3, -0.25) is 0 Å². The number of benzene rings is 1. The average molecular weight is 314 g/mol. The first-order valence-corrected chi connectivity index (χ1v) is 6.76. The molecule has 1 heterocycles. The number of nitrogens with one attached hydrogen (secondary N) is 1. The Morgan fingerprint density at radius 2 is 2.28 bits per heavy atom. The van der Waals surface area contributed by atoms with Gasteiger partial charge >= 0.3 is 5.97 Å². The zero-order chi connectivity index (χ0) is 13.1. The maximum Gasteiger partial charge on any atom is 0.335 e. The van der Waals surface area contributed by atoms with Crippen molar-refractivity contribution in [2.45, 2.75) is 31.9 Å². The highest BCUT2D eigenvalue weighted by molar-refractivity contribution is 9.10. The predicted molar refractivity (Wildman–Crippen MR) is 73.2 cm³/mol. The lowest BCUT2D eigenvalue weighted by atomic mass is 10.0. The van der Waals surface area contributed by atoms with E-state index < -0.39 is 5.97 Å². The Bertz CT molecular complexity index is 450. The molecule has 1 aromatic carbocycles. The molecule has 0 radical (unpaired) electrons. The van der Waals surface area contributed by atoms with E-state index in [1.807, 2.05) is 6.07 Å². The van der Waals surface area contributed by atoms with Crippen LogP contribution in [0, 0.1) is 0 Å². The third kappa shape index (κ3) is 3.46. The number of ether oxygens (including phenoxy) is 1. The molecule has 0 bridgehead atoms. The van der Waals surface area contributed by atoms with Crippen molar-refractivity contribution in [3.05, 3.63) is 28.2 Å². The second kappa shape index (κ2) is 5.71. The Labute approximate surface area is 114 Å². The fraction of sp³-hybridized carbons (Fsp3) is 0.462. The molecule has 1 fully saturated rings. The topological polar surface area (TPSA) is 58.6 Å². The SMILES string of the molecule is CC1CC(Nc2cc(Br)cc(C(=O)O)c2)CCO1. The van der Waals surface area contributed by atoms with Crippen molar-refractivity contribution in [3.8, 4) is 0 Å². The van der Waals surface area contributed by atoms with Gasteiger partial charge in [-0.2, -0.15) is 0 Å². The van der Waals surface area contributed by atoms with Crippen LogP contribution in [0.1, 0.15) is 30.1 Å². The second-order valence-electron chi connectivity index (χ2n) is 4.58. The van der Waals surface area contributed by atoms with Crippen LogP contribution in [0.5, 0.6) is 0 Å². The minimum atomic E-state index is -0.917. The summed E-state index contributed by atoms with van der Waals surface area (Å²) in [5, 5.41) is 12.4. The Morgan fingerprint density at radius 1 is 1.50 bits per heavy atom. The lowest BCUT2D eigenvalue weighted by molar-refractivity contribution is 0.0232. The molecule has 2 unspecified atom stereocenters. The normalized spacial score (nSPS) is 23.7. The van der Waals surface area contributed by atoms with Gasteiger partial charge in [-0.25, -0.2) is 4.79 Å². The van der Waals surface area contributed by atoms with Gasteiger partial charge in [-0.1, -0.05) is 15.9 Å². The zero-order valence-corrected chi connectivity index (χ0v) is 11.7. The van der Waals surface area contributed by atoms with Gasteiger partial charge in [0, 0.05) is 22.8 Å². The van der Waals surface area contributed by atoms with Gasteiger partial charge in [0.05, 0.1) is 11.7 Å². The van der Waals surface area contributed by atoms with Gasteiger partial charge in [0.1, 0.15) is 0 Å². The van der Waals surface area contributed by atoms with Crippen molar-refractivity contribution < 1.29 is 14.6 Å². The summed E-state index contributed by atoms with van der Waals surface area (Å²) in [6.45, 7) is 2.80. The van der Waals surface area contributed by atoms with E-state index in [2.05, 4.69) is 28.2 Å². The van der Waals surface area contributed by atoms with Crippen molar-refractivity contribution in [1.29, 1.82) is 0 Å². The lowest BCUT2D eigenvalue weighted by Crippen LogP contribution is -2.32. The van der Waals surface area contributed by atoms with Crippen LogP contribution in [0.3, 0.4) is 0 Å². The van der Waals surface area contributed by atoms with Crippen LogP contribution in [0.15, 0.2) is 22.7 Å². The van der Waals surface area contributed by atoms with Crippen LogP contribution in [0.4, 0.5) is 5.69 Å². The summed E-state index contributed by atoms with van der Waals surface area (Å²) in [6, 6.07) is 5.49. The monoisotopic (exact) mass is 313 g/mol. The van der Waals surface area contributed by atoms with E-state index in [9.17, 15) is 4.79 Å². The summed E-state index contributed by atoms with van der Waals surface area (Å²) in [6.07, 6.45) is 2.14. The number of hydrogen-bond acceptors (Lipinski definition) is 3. The highest BCUT2D eigenvalue weighted by Crippen LogP contribution is 2.23. The molecule has 1 aromatic rings. The zero-order valence-electron chi connectivity index (χ0n) is 10.1. The molecule has 2 N–H and O–H groups in total. The summed E-state index contributed by atoms with van der Waals surface area (Å²) in [5.74, 6) is -0.917. The molecule has 2 atom stereocenters. The minimum Gasteiger partial charge on any atom is -0.478 e.